The van der Waals surface area contributed by atoms with E-state index in [2.05, 4.69) is 34.9 Å². The highest BCUT2D eigenvalue weighted by molar-refractivity contribution is 6.05. The van der Waals surface area contributed by atoms with Gasteiger partial charge in [-0.1, -0.05) is 19.1 Å². The number of carbonyl (C=O) groups is 2. The third-order valence-corrected chi connectivity index (χ3v) is 7.56. The zero-order valence-corrected chi connectivity index (χ0v) is 18.8. The zero-order valence-electron chi connectivity index (χ0n) is 18.8. The summed E-state index contributed by atoms with van der Waals surface area (Å²) in [5.41, 5.74) is 4.18. The molecule has 5 nitrogen and oxygen atoms in total. The molecule has 0 radical (unpaired) electrons. The molecule has 6 heteroatoms. The fourth-order valence-electron chi connectivity index (χ4n) is 6.04. The van der Waals surface area contributed by atoms with Crippen LogP contribution in [0.3, 0.4) is 0 Å². The highest BCUT2D eigenvalue weighted by atomic mass is 19.1. The predicted octanol–water partition coefficient (Wildman–Crippen LogP) is 4.01. The molecule has 168 valence electrons. The van der Waals surface area contributed by atoms with E-state index in [1.807, 2.05) is 11.8 Å². The molecule has 3 heterocycles. The van der Waals surface area contributed by atoms with Gasteiger partial charge in [-0.05, 0) is 62.2 Å². The van der Waals surface area contributed by atoms with Crippen molar-refractivity contribution >= 4 is 23.1 Å². The van der Waals surface area contributed by atoms with Gasteiger partial charge in [-0.25, -0.2) is 4.39 Å². The molecule has 2 aromatic rings. The maximum absolute atomic E-state index is 13.1. The number of anilines is 2. The lowest BCUT2D eigenvalue weighted by Crippen LogP contribution is -2.57. The molecule has 1 fully saturated rings. The van der Waals surface area contributed by atoms with Crippen molar-refractivity contribution in [2.24, 2.45) is 0 Å². The molecule has 5 rings (SSSR count). The minimum atomic E-state index is -0.320. The number of para-hydroxylation sites is 1. The number of nitrogens with zero attached hydrogens (tertiary/aromatic N) is 3. The number of fused-ring (bicyclic) bond motifs is 3. The summed E-state index contributed by atoms with van der Waals surface area (Å²) < 4.78 is 13.1. The molecule has 0 saturated carbocycles. The summed E-state index contributed by atoms with van der Waals surface area (Å²) in [6, 6.07) is 12.5. The second kappa shape index (κ2) is 8.00. The van der Waals surface area contributed by atoms with E-state index in [0.717, 1.165) is 38.2 Å². The predicted molar refractivity (Wildman–Crippen MR) is 124 cm³/mol. The number of halogens is 1. The van der Waals surface area contributed by atoms with Crippen molar-refractivity contribution < 1.29 is 14.0 Å². The first kappa shape index (κ1) is 21.1. The highest BCUT2D eigenvalue weighted by Gasteiger charge is 2.53. The molecular formula is C26H30FN3O2. The quantitative estimate of drug-likeness (QED) is 0.643. The first-order valence-electron chi connectivity index (χ1n) is 11.6. The smallest absolute Gasteiger partial charge is 0.246 e. The molecular weight excluding hydrogens is 405 g/mol. The lowest BCUT2D eigenvalue weighted by atomic mass is 9.74. The Morgan fingerprint density at radius 2 is 1.97 bits per heavy atom. The van der Waals surface area contributed by atoms with Gasteiger partial charge in [-0.15, -0.1) is 0 Å². The first-order chi connectivity index (χ1) is 15.4. The summed E-state index contributed by atoms with van der Waals surface area (Å²) in [5, 5.41) is 0. The van der Waals surface area contributed by atoms with Crippen LogP contribution in [0.5, 0.6) is 0 Å². The molecule has 1 amide bonds. The van der Waals surface area contributed by atoms with E-state index in [1.54, 1.807) is 12.1 Å². The van der Waals surface area contributed by atoms with Gasteiger partial charge < -0.3 is 14.7 Å². The largest absolute Gasteiger partial charge is 0.356 e. The van der Waals surface area contributed by atoms with Crippen LogP contribution in [0.15, 0.2) is 42.5 Å². The van der Waals surface area contributed by atoms with Crippen molar-refractivity contribution in [1.82, 2.24) is 4.90 Å². The molecule has 2 atom stereocenters. The summed E-state index contributed by atoms with van der Waals surface area (Å²) in [7, 11) is 0. The van der Waals surface area contributed by atoms with Crippen molar-refractivity contribution in [3.8, 4) is 0 Å². The van der Waals surface area contributed by atoms with Gasteiger partial charge in [-0.3, -0.25) is 9.59 Å². The van der Waals surface area contributed by atoms with Crippen molar-refractivity contribution in [2.45, 2.75) is 44.6 Å². The number of benzene rings is 2. The minimum absolute atomic E-state index is 0.0331. The Kier molecular flexibility index (Phi) is 5.28. The van der Waals surface area contributed by atoms with E-state index < -0.39 is 0 Å². The second-order valence-electron chi connectivity index (χ2n) is 9.47. The number of carbonyl (C=O) groups excluding carboxylic acids is 2. The van der Waals surface area contributed by atoms with E-state index in [1.165, 1.54) is 23.4 Å². The van der Waals surface area contributed by atoms with Crippen LogP contribution in [-0.4, -0.2) is 55.4 Å². The molecule has 3 aliphatic heterocycles. The van der Waals surface area contributed by atoms with Crippen LogP contribution >= 0.6 is 0 Å². The van der Waals surface area contributed by atoms with Gasteiger partial charge in [0.2, 0.25) is 5.91 Å². The number of piperidine rings is 1. The molecule has 3 aliphatic rings. The Bertz CT molecular complexity index is 1050. The van der Waals surface area contributed by atoms with E-state index >= 15 is 0 Å². The minimum Gasteiger partial charge on any atom is -0.356 e. The number of hydrogen-bond acceptors (Lipinski definition) is 4. The number of Topliss-reactive ketones (excluding diaryl/α,β-unsaturated/α-hetero) is 1. The molecule has 0 bridgehead atoms. The number of likely N-dealkylation sites (N-methyl/N-ethyl adjacent to an activating group) is 1. The van der Waals surface area contributed by atoms with Crippen LogP contribution < -0.4 is 9.80 Å². The van der Waals surface area contributed by atoms with Gasteiger partial charge in [0, 0.05) is 43.1 Å². The number of rotatable bonds is 6. The average Bonchev–Trinajstić information content (AvgIpc) is 3.03. The molecule has 0 aromatic heterocycles. The third-order valence-electron chi connectivity index (χ3n) is 7.56. The van der Waals surface area contributed by atoms with Crippen LogP contribution in [0.2, 0.25) is 0 Å². The van der Waals surface area contributed by atoms with Crippen LogP contribution in [0.1, 0.15) is 49.0 Å². The van der Waals surface area contributed by atoms with Gasteiger partial charge >= 0.3 is 0 Å². The monoisotopic (exact) mass is 435 g/mol. The summed E-state index contributed by atoms with van der Waals surface area (Å²) in [5.74, 6) is -0.0697. The third kappa shape index (κ3) is 3.32. The zero-order chi connectivity index (χ0) is 22.5. The van der Waals surface area contributed by atoms with Gasteiger partial charge in [-0.2, -0.15) is 0 Å². The van der Waals surface area contributed by atoms with Gasteiger partial charge in [0.15, 0.2) is 5.78 Å². The van der Waals surface area contributed by atoms with E-state index in [9.17, 15) is 14.0 Å². The Hall–Kier alpha value is -2.73. The van der Waals surface area contributed by atoms with Crippen LogP contribution in [0, 0.1) is 5.82 Å². The standard InChI is InChI=1S/C26H30FN3O2/c1-3-29-21-7-4-6-20-25(21)30(16-24(29)32)23-13-15-28(17-26(20,23)2)14-5-8-22(31)18-9-11-19(27)12-10-18/h4,6-7,9-12,23H,3,5,8,13-17H2,1-2H3/t23-,26-/m1/s1. The summed E-state index contributed by atoms with van der Waals surface area (Å²) in [6.07, 6.45) is 2.26. The summed E-state index contributed by atoms with van der Waals surface area (Å²) in [4.78, 5) is 32.0. The van der Waals surface area contributed by atoms with Crippen molar-refractivity contribution in [2.75, 3.05) is 42.5 Å². The number of amides is 1. The highest BCUT2D eigenvalue weighted by Crippen LogP contribution is 2.53. The Morgan fingerprint density at radius 3 is 2.72 bits per heavy atom. The van der Waals surface area contributed by atoms with Gasteiger partial charge in [0.05, 0.1) is 17.9 Å². The lowest BCUT2D eigenvalue weighted by molar-refractivity contribution is -0.117. The van der Waals surface area contributed by atoms with Crippen molar-refractivity contribution in [1.29, 1.82) is 0 Å². The maximum atomic E-state index is 13.1. The average molecular weight is 436 g/mol. The van der Waals surface area contributed by atoms with Gasteiger partial charge in [0.25, 0.3) is 0 Å². The Morgan fingerprint density at radius 1 is 1.19 bits per heavy atom. The molecule has 0 spiro atoms. The first-order valence-corrected chi connectivity index (χ1v) is 11.6. The van der Waals surface area contributed by atoms with E-state index in [4.69, 9.17) is 0 Å². The number of hydrogen-bond donors (Lipinski definition) is 0. The summed E-state index contributed by atoms with van der Waals surface area (Å²) in [6.45, 7) is 8.29. The van der Waals surface area contributed by atoms with E-state index in [-0.39, 0.29) is 22.9 Å². The SMILES string of the molecule is CCN1C(=O)CN2c3c1cccc3[C@@]1(C)CN(CCCC(=O)c3ccc(F)cc3)CC[C@@H]21. The van der Waals surface area contributed by atoms with Crippen LogP contribution in [0.25, 0.3) is 0 Å². The summed E-state index contributed by atoms with van der Waals surface area (Å²) >= 11 is 0. The van der Waals surface area contributed by atoms with E-state index in [0.29, 0.717) is 31.1 Å². The fraction of sp³-hybridized carbons (Fsp3) is 0.462. The Labute approximate surface area is 188 Å². The lowest BCUT2D eigenvalue weighted by Gasteiger charge is -2.46. The molecule has 0 N–H and O–H groups in total. The number of likely N-dealkylation sites (tertiary alicyclic amines) is 1. The van der Waals surface area contributed by atoms with Crippen LogP contribution in [0.4, 0.5) is 15.8 Å². The number of ketones is 1. The topological polar surface area (TPSA) is 43.9 Å². The molecule has 2 aromatic carbocycles. The van der Waals surface area contributed by atoms with Gasteiger partial charge in [0.1, 0.15) is 5.82 Å². The van der Waals surface area contributed by atoms with Crippen molar-refractivity contribution in [3.05, 3.63) is 59.4 Å². The van der Waals surface area contributed by atoms with Crippen molar-refractivity contribution in [3.63, 3.8) is 0 Å². The molecule has 1 saturated heterocycles. The molecule has 0 aliphatic carbocycles. The molecule has 32 heavy (non-hydrogen) atoms. The Balaban J connectivity index is 1.29. The second-order valence-corrected chi connectivity index (χ2v) is 9.47. The fourth-order valence-corrected chi connectivity index (χ4v) is 6.04. The maximum Gasteiger partial charge on any atom is 0.246 e. The molecule has 0 unspecified atom stereocenters. The van der Waals surface area contributed by atoms with Crippen LogP contribution in [-0.2, 0) is 10.2 Å². The normalized spacial score (nSPS) is 24.5.